The van der Waals surface area contributed by atoms with E-state index in [1.54, 1.807) is 34.9 Å². The van der Waals surface area contributed by atoms with Crippen LogP contribution in [0.2, 0.25) is 0 Å². The molecule has 0 radical (unpaired) electrons. The summed E-state index contributed by atoms with van der Waals surface area (Å²) in [6, 6.07) is -0.918. The summed E-state index contributed by atoms with van der Waals surface area (Å²) in [7, 11) is 5.20. The Bertz CT molecular complexity index is 741. The maximum atomic E-state index is 12.7. The molecule has 2 N–H and O–H groups in total. The lowest BCUT2D eigenvalue weighted by Gasteiger charge is -2.23. The Balaban J connectivity index is 2.04. The molecule has 28 heavy (non-hydrogen) atoms. The number of carbonyl (C=O) groups excluding carboxylic acids is 3. The number of carbonyl (C=O) groups is 3. The molecule has 1 aromatic heterocycles. The van der Waals surface area contributed by atoms with Crippen LogP contribution in [0.1, 0.15) is 41.1 Å². The van der Waals surface area contributed by atoms with Crippen molar-refractivity contribution in [3.8, 4) is 0 Å². The number of nitrogens with zero attached hydrogens (tertiary/aromatic N) is 3. The highest BCUT2D eigenvalue weighted by atomic mass is 32.1. The van der Waals surface area contributed by atoms with Crippen molar-refractivity contribution in [2.75, 3.05) is 34.2 Å². The van der Waals surface area contributed by atoms with Gasteiger partial charge in [0.25, 0.3) is 5.91 Å². The quantitative estimate of drug-likeness (QED) is 0.744. The third kappa shape index (κ3) is 6.16. The molecule has 2 heterocycles. The second-order valence-electron chi connectivity index (χ2n) is 8.02. The number of fused-ring (bicyclic) bond motifs is 1. The molecule has 0 bridgehead atoms. The zero-order valence-electron chi connectivity index (χ0n) is 17.3. The molecule has 0 saturated heterocycles. The van der Waals surface area contributed by atoms with E-state index in [1.165, 1.54) is 16.2 Å². The van der Waals surface area contributed by atoms with E-state index in [0.717, 1.165) is 30.1 Å². The number of hydrogen-bond acceptors (Lipinski definition) is 7. The van der Waals surface area contributed by atoms with E-state index in [1.807, 2.05) is 7.05 Å². The summed E-state index contributed by atoms with van der Waals surface area (Å²) < 4.78 is 5.18. The van der Waals surface area contributed by atoms with Gasteiger partial charge in [0, 0.05) is 38.5 Å². The van der Waals surface area contributed by atoms with Crippen LogP contribution in [-0.2, 0) is 22.5 Å². The number of amides is 3. The summed E-state index contributed by atoms with van der Waals surface area (Å²) in [4.78, 5) is 46.0. The second-order valence-corrected chi connectivity index (χ2v) is 9.10. The van der Waals surface area contributed by atoms with Crippen LogP contribution in [0.3, 0.4) is 0 Å². The maximum Gasteiger partial charge on any atom is 0.407 e. The third-order valence-electron chi connectivity index (χ3n) is 4.01. The molecule has 0 spiro atoms. The number of alkyl carbamates (subject to hydrolysis) is 1. The smallest absolute Gasteiger partial charge is 0.407 e. The Morgan fingerprint density at radius 2 is 2.00 bits per heavy atom. The molecule has 9 nitrogen and oxygen atoms in total. The molecule has 0 fully saturated rings. The van der Waals surface area contributed by atoms with Crippen molar-refractivity contribution in [1.82, 2.24) is 25.4 Å². The van der Waals surface area contributed by atoms with Crippen LogP contribution in [0.25, 0.3) is 0 Å². The summed E-state index contributed by atoms with van der Waals surface area (Å²) in [6.07, 6.45) is 0.154. The summed E-state index contributed by atoms with van der Waals surface area (Å²) in [6.45, 7) is 6.83. The van der Waals surface area contributed by atoms with E-state index in [9.17, 15) is 14.4 Å². The van der Waals surface area contributed by atoms with Gasteiger partial charge in [0.1, 0.15) is 11.6 Å². The topological polar surface area (TPSA) is 104 Å². The number of aromatic nitrogens is 1. The average molecular weight is 412 g/mol. The molecule has 156 valence electrons. The molecule has 1 aliphatic heterocycles. The molecular formula is C18H29N5O4S. The monoisotopic (exact) mass is 411 g/mol. The lowest BCUT2D eigenvalue weighted by molar-refractivity contribution is -0.130. The highest BCUT2D eigenvalue weighted by Crippen LogP contribution is 2.24. The van der Waals surface area contributed by atoms with Gasteiger partial charge in [0.05, 0.1) is 12.2 Å². The maximum absolute atomic E-state index is 12.7. The van der Waals surface area contributed by atoms with Crippen molar-refractivity contribution in [3.05, 3.63) is 15.6 Å². The zero-order chi connectivity index (χ0) is 21.1. The second kappa shape index (κ2) is 8.87. The first-order chi connectivity index (χ1) is 13.0. The van der Waals surface area contributed by atoms with Crippen molar-refractivity contribution in [2.45, 2.75) is 45.4 Å². The van der Waals surface area contributed by atoms with E-state index in [4.69, 9.17) is 4.74 Å². The molecule has 0 unspecified atom stereocenters. The normalized spacial score (nSPS) is 15.4. The largest absolute Gasteiger partial charge is 0.444 e. The van der Waals surface area contributed by atoms with Crippen molar-refractivity contribution in [3.63, 3.8) is 0 Å². The Hall–Kier alpha value is -2.20. The molecule has 3 amide bonds. The molecule has 0 aliphatic carbocycles. The van der Waals surface area contributed by atoms with E-state index >= 15 is 0 Å². The minimum absolute atomic E-state index is 0.0779. The molecule has 1 aromatic rings. The highest BCUT2D eigenvalue weighted by molar-refractivity contribution is 7.13. The number of ether oxygens (including phenoxy) is 1. The predicted octanol–water partition coefficient (Wildman–Crippen LogP) is 0.842. The minimum atomic E-state index is -0.918. The van der Waals surface area contributed by atoms with Crippen molar-refractivity contribution < 1.29 is 19.1 Å². The highest BCUT2D eigenvalue weighted by Gasteiger charge is 2.27. The lowest BCUT2D eigenvalue weighted by atomic mass is 10.2. The summed E-state index contributed by atoms with van der Waals surface area (Å²) >= 11 is 1.34. The number of nitrogens with one attached hydrogen (secondary N) is 2. The zero-order valence-corrected chi connectivity index (χ0v) is 18.1. The molecule has 0 aromatic carbocycles. The molecule has 1 atom stereocenters. The Kier molecular flexibility index (Phi) is 7.00. The van der Waals surface area contributed by atoms with Gasteiger partial charge < -0.3 is 25.2 Å². The standard InChI is InChI=1S/C18H29N5O4S/c1-18(2,3)27-17(26)19-9-12(16(25)22(4)5)20-14(24)15-21-11-7-8-23(6)10-13(11)28-15/h12H,7-10H2,1-6H3,(H,19,26)(H,20,24)/t12-/m0/s1. The van der Waals surface area contributed by atoms with Crippen LogP contribution in [0, 0.1) is 0 Å². The van der Waals surface area contributed by atoms with Gasteiger partial charge in [0.2, 0.25) is 5.91 Å². The molecule has 1 aliphatic rings. The number of thiazole rings is 1. The SMILES string of the molecule is CN1CCc2nc(C(=O)N[C@@H](CNC(=O)OC(C)(C)C)C(=O)N(C)C)sc2C1. The fourth-order valence-corrected chi connectivity index (χ4v) is 3.74. The molecule has 0 saturated carbocycles. The number of likely N-dealkylation sites (N-methyl/N-ethyl adjacent to an activating group) is 2. The van der Waals surface area contributed by atoms with Crippen LogP contribution in [-0.4, -0.2) is 78.6 Å². The minimum Gasteiger partial charge on any atom is -0.444 e. The van der Waals surface area contributed by atoms with Gasteiger partial charge in [-0.05, 0) is 27.8 Å². The van der Waals surface area contributed by atoms with E-state index in [0.29, 0.717) is 5.01 Å². The van der Waals surface area contributed by atoms with E-state index < -0.39 is 23.6 Å². The Morgan fingerprint density at radius 3 is 2.61 bits per heavy atom. The fraction of sp³-hybridized carbons (Fsp3) is 0.667. The van der Waals surface area contributed by atoms with Crippen LogP contribution in [0.5, 0.6) is 0 Å². The predicted molar refractivity (Wildman–Crippen MR) is 106 cm³/mol. The lowest BCUT2D eigenvalue weighted by Crippen LogP contribution is -2.52. The number of rotatable bonds is 5. The van der Waals surface area contributed by atoms with Crippen molar-refractivity contribution >= 4 is 29.2 Å². The Labute approximate surface area is 169 Å². The number of hydrogen-bond donors (Lipinski definition) is 2. The Morgan fingerprint density at radius 1 is 1.32 bits per heavy atom. The summed E-state index contributed by atoms with van der Waals surface area (Å²) in [5.41, 5.74) is 0.289. The van der Waals surface area contributed by atoms with Gasteiger partial charge in [0.15, 0.2) is 5.01 Å². The van der Waals surface area contributed by atoms with E-state index in [2.05, 4.69) is 20.5 Å². The molecule has 10 heteroatoms. The van der Waals surface area contributed by atoms with Gasteiger partial charge in [-0.1, -0.05) is 0 Å². The van der Waals surface area contributed by atoms with Gasteiger partial charge in [-0.2, -0.15) is 0 Å². The average Bonchev–Trinajstić information content (AvgIpc) is 2.99. The van der Waals surface area contributed by atoms with Gasteiger partial charge in [-0.3, -0.25) is 9.59 Å². The first-order valence-electron chi connectivity index (χ1n) is 9.12. The van der Waals surface area contributed by atoms with Crippen molar-refractivity contribution in [1.29, 1.82) is 0 Å². The fourth-order valence-electron chi connectivity index (χ4n) is 2.65. The van der Waals surface area contributed by atoms with Crippen LogP contribution < -0.4 is 10.6 Å². The van der Waals surface area contributed by atoms with Crippen molar-refractivity contribution in [2.24, 2.45) is 0 Å². The summed E-state index contributed by atoms with van der Waals surface area (Å²) in [5.74, 6) is -0.751. The van der Waals surface area contributed by atoms with Gasteiger partial charge in [-0.15, -0.1) is 11.3 Å². The van der Waals surface area contributed by atoms with Crippen LogP contribution >= 0.6 is 11.3 Å². The van der Waals surface area contributed by atoms with Crippen LogP contribution in [0.4, 0.5) is 4.79 Å². The first kappa shape index (κ1) is 22.1. The van der Waals surface area contributed by atoms with Gasteiger partial charge >= 0.3 is 6.09 Å². The van der Waals surface area contributed by atoms with Gasteiger partial charge in [-0.25, -0.2) is 9.78 Å². The molecular weight excluding hydrogens is 382 g/mol. The molecule has 2 rings (SSSR count). The first-order valence-corrected chi connectivity index (χ1v) is 9.94. The van der Waals surface area contributed by atoms with E-state index in [-0.39, 0.29) is 12.5 Å². The van der Waals surface area contributed by atoms with Crippen LogP contribution in [0.15, 0.2) is 0 Å². The third-order valence-corrected chi connectivity index (χ3v) is 5.09. The summed E-state index contributed by atoms with van der Waals surface area (Å²) in [5, 5.41) is 5.55.